The first-order valence-corrected chi connectivity index (χ1v) is 6.18. The molecule has 1 aromatic carbocycles. The molecule has 0 saturated carbocycles. The van der Waals surface area contributed by atoms with Crippen molar-refractivity contribution in [2.45, 2.75) is 13.0 Å². The van der Waals surface area contributed by atoms with E-state index in [1.54, 1.807) is 19.2 Å². The number of hydrogen-bond acceptors (Lipinski definition) is 2. The van der Waals surface area contributed by atoms with Crippen LogP contribution in [0.1, 0.15) is 18.5 Å². The number of carbonyl (C=O) groups excluding carboxylic acids is 1. The maximum atomic E-state index is 11.1. The zero-order valence-electron chi connectivity index (χ0n) is 9.48. The van der Waals surface area contributed by atoms with Crippen LogP contribution in [0.25, 0.3) is 0 Å². The molecule has 0 aliphatic carbocycles. The maximum absolute atomic E-state index is 11.1. The second-order valence-electron chi connectivity index (χ2n) is 3.54. The minimum absolute atomic E-state index is 0.0884. The zero-order valence-corrected chi connectivity index (χ0v) is 11.7. The standard InChI is InChI=1S/C11H13Cl3N2O/c1-6(16-5-9(17)15-2)7-3-4-8(12)11(14)10(7)13/h3-4,6,16H,5H2,1-2H3,(H,15,17). The third-order valence-corrected chi connectivity index (χ3v) is 3.69. The van der Waals surface area contributed by atoms with Gasteiger partial charge >= 0.3 is 0 Å². The minimum Gasteiger partial charge on any atom is -0.358 e. The Bertz CT molecular complexity index is 423. The van der Waals surface area contributed by atoms with Gasteiger partial charge in [-0.05, 0) is 18.6 Å². The van der Waals surface area contributed by atoms with Gasteiger partial charge in [0.05, 0.1) is 21.6 Å². The normalized spacial score (nSPS) is 12.3. The number of likely N-dealkylation sites (N-methyl/N-ethyl adjacent to an activating group) is 1. The summed E-state index contributed by atoms with van der Waals surface area (Å²) >= 11 is 17.9. The molecule has 0 radical (unpaired) electrons. The van der Waals surface area contributed by atoms with Crippen molar-refractivity contribution in [1.29, 1.82) is 0 Å². The van der Waals surface area contributed by atoms with Crippen molar-refractivity contribution in [3.8, 4) is 0 Å². The summed E-state index contributed by atoms with van der Waals surface area (Å²) in [6.45, 7) is 2.11. The van der Waals surface area contributed by atoms with Crippen LogP contribution < -0.4 is 10.6 Å². The summed E-state index contributed by atoms with van der Waals surface area (Å²) in [5.74, 6) is -0.0898. The van der Waals surface area contributed by atoms with Gasteiger partial charge in [-0.1, -0.05) is 40.9 Å². The molecule has 1 aromatic rings. The summed E-state index contributed by atoms with van der Waals surface area (Å²) < 4.78 is 0. The summed E-state index contributed by atoms with van der Waals surface area (Å²) in [7, 11) is 1.58. The molecule has 0 aliphatic heterocycles. The molecular formula is C11H13Cl3N2O. The molecule has 1 unspecified atom stereocenters. The largest absolute Gasteiger partial charge is 0.358 e. The fraction of sp³-hybridized carbons (Fsp3) is 0.364. The number of benzene rings is 1. The van der Waals surface area contributed by atoms with Gasteiger partial charge in [0, 0.05) is 13.1 Å². The Hall–Kier alpha value is -0.480. The Labute approximate surface area is 115 Å². The lowest BCUT2D eigenvalue weighted by molar-refractivity contribution is -0.119. The lowest BCUT2D eigenvalue weighted by Crippen LogP contribution is -2.32. The van der Waals surface area contributed by atoms with Crippen molar-refractivity contribution < 1.29 is 4.79 Å². The van der Waals surface area contributed by atoms with E-state index in [0.717, 1.165) is 5.56 Å². The summed E-state index contributed by atoms with van der Waals surface area (Å²) in [4.78, 5) is 11.1. The van der Waals surface area contributed by atoms with E-state index in [1.807, 2.05) is 6.92 Å². The molecule has 2 N–H and O–H groups in total. The van der Waals surface area contributed by atoms with Gasteiger partial charge in [-0.25, -0.2) is 0 Å². The van der Waals surface area contributed by atoms with E-state index < -0.39 is 0 Å². The highest BCUT2D eigenvalue weighted by atomic mass is 35.5. The van der Waals surface area contributed by atoms with Gasteiger partial charge in [-0.2, -0.15) is 0 Å². The first kappa shape index (κ1) is 14.6. The topological polar surface area (TPSA) is 41.1 Å². The lowest BCUT2D eigenvalue weighted by atomic mass is 10.1. The molecule has 0 aromatic heterocycles. The van der Waals surface area contributed by atoms with E-state index in [4.69, 9.17) is 34.8 Å². The average Bonchev–Trinajstić information content (AvgIpc) is 2.32. The molecule has 0 heterocycles. The van der Waals surface area contributed by atoms with Crippen molar-refractivity contribution in [3.63, 3.8) is 0 Å². The first-order chi connectivity index (χ1) is 7.97. The van der Waals surface area contributed by atoms with Gasteiger partial charge in [0.25, 0.3) is 0 Å². The van der Waals surface area contributed by atoms with Crippen LogP contribution in [0, 0.1) is 0 Å². The van der Waals surface area contributed by atoms with Crippen molar-refractivity contribution in [3.05, 3.63) is 32.8 Å². The molecule has 0 bridgehead atoms. The van der Waals surface area contributed by atoms with Crippen molar-refractivity contribution >= 4 is 40.7 Å². The highest BCUT2D eigenvalue weighted by molar-refractivity contribution is 6.48. The number of halogens is 3. The number of hydrogen-bond donors (Lipinski definition) is 2. The number of carbonyl (C=O) groups is 1. The van der Waals surface area contributed by atoms with Crippen molar-refractivity contribution in [1.82, 2.24) is 10.6 Å². The van der Waals surface area contributed by atoms with Crippen LogP contribution in [0.2, 0.25) is 15.1 Å². The van der Waals surface area contributed by atoms with Crippen LogP contribution >= 0.6 is 34.8 Å². The van der Waals surface area contributed by atoms with Crippen molar-refractivity contribution in [2.24, 2.45) is 0 Å². The first-order valence-electron chi connectivity index (χ1n) is 5.04. The Morgan fingerprint density at radius 1 is 1.29 bits per heavy atom. The van der Waals surface area contributed by atoms with E-state index in [-0.39, 0.29) is 18.5 Å². The fourth-order valence-electron chi connectivity index (χ4n) is 1.32. The van der Waals surface area contributed by atoms with Crippen LogP contribution in [0.5, 0.6) is 0 Å². The third kappa shape index (κ3) is 3.75. The summed E-state index contributed by atoms with van der Waals surface area (Å²) in [5.41, 5.74) is 0.810. The molecule has 0 aliphatic rings. The highest BCUT2D eigenvalue weighted by Gasteiger charge is 2.14. The van der Waals surface area contributed by atoms with Crippen LogP contribution in [0.3, 0.4) is 0 Å². The SMILES string of the molecule is CNC(=O)CNC(C)c1ccc(Cl)c(Cl)c1Cl. The van der Waals surface area contributed by atoms with Crippen LogP contribution in [0.15, 0.2) is 12.1 Å². The van der Waals surface area contributed by atoms with Gasteiger partial charge < -0.3 is 10.6 Å². The van der Waals surface area contributed by atoms with Gasteiger partial charge in [0.15, 0.2) is 0 Å². The Balaban J connectivity index is 2.79. The molecular weight excluding hydrogens is 282 g/mol. The Morgan fingerprint density at radius 3 is 2.53 bits per heavy atom. The molecule has 1 rings (SSSR count). The van der Waals surface area contributed by atoms with E-state index in [1.165, 1.54) is 0 Å². The van der Waals surface area contributed by atoms with Gasteiger partial charge in [-0.3, -0.25) is 4.79 Å². The van der Waals surface area contributed by atoms with E-state index >= 15 is 0 Å². The van der Waals surface area contributed by atoms with Crippen LogP contribution in [0.4, 0.5) is 0 Å². The third-order valence-electron chi connectivity index (χ3n) is 2.38. The van der Waals surface area contributed by atoms with Crippen molar-refractivity contribution in [2.75, 3.05) is 13.6 Å². The van der Waals surface area contributed by atoms with E-state index in [2.05, 4.69) is 10.6 Å². The Morgan fingerprint density at radius 2 is 1.94 bits per heavy atom. The predicted octanol–water partition coefficient (Wildman–Crippen LogP) is 3.04. The molecule has 0 saturated heterocycles. The molecule has 3 nitrogen and oxygen atoms in total. The van der Waals surface area contributed by atoms with Gasteiger partial charge in [0.2, 0.25) is 5.91 Å². The summed E-state index contributed by atoms with van der Waals surface area (Å²) in [5, 5.41) is 6.73. The lowest BCUT2D eigenvalue weighted by Gasteiger charge is -2.16. The Kier molecular flexibility index (Phi) is 5.53. The quantitative estimate of drug-likeness (QED) is 0.838. The molecule has 94 valence electrons. The average molecular weight is 296 g/mol. The van der Waals surface area contributed by atoms with Crippen LogP contribution in [-0.4, -0.2) is 19.5 Å². The summed E-state index contributed by atoms with van der Waals surface area (Å²) in [6, 6.07) is 3.39. The number of rotatable bonds is 4. The number of amides is 1. The maximum Gasteiger partial charge on any atom is 0.233 e. The monoisotopic (exact) mass is 294 g/mol. The number of nitrogens with one attached hydrogen (secondary N) is 2. The molecule has 1 amide bonds. The zero-order chi connectivity index (χ0) is 13.0. The smallest absolute Gasteiger partial charge is 0.233 e. The van der Waals surface area contributed by atoms with Gasteiger partial charge in [0.1, 0.15) is 0 Å². The highest BCUT2D eigenvalue weighted by Crippen LogP contribution is 2.35. The minimum atomic E-state index is -0.0898. The van der Waals surface area contributed by atoms with Crippen LogP contribution in [-0.2, 0) is 4.79 Å². The second-order valence-corrected chi connectivity index (χ2v) is 4.70. The summed E-state index contributed by atoms with van der Waals surface area (Å²) in [6.07, 6.45) is 0. The van der Waals surface area contributed by atoms with Gasteiger partial charge in [-0.15, -0.1) is 0 Å². The molecule has 1 atom stereocenters. The van der Waals surface area contributed by atoms with E-state index in [0.29, 0.717) is 15.1 Å². The molecule has 0 fully saturated rings. The molecule has 6 heteroatoms. The fourth-order valence-corrected chi connectivity index (χ4v) is 2.03. The predicted molar refractivity (Wildman–Crippen MR) is 72.0 cm³/mol. The second kappa shape index (κ2) is 6.45. The van der Waals surface area contributed by atoms with E-state index in [9.17, 15) is 4.79 Å². The molecule has 0 spiro atoms. The molecule has 17 heavy (non-hydrogen) atoms.